The van der Waals surface area contributed by atoms with E-state index in [9.17, 15) is 9.59 Å². The molecule has 190 valence electrons. The number of carbonyl (C=O) groups is 2. The van der Waals surface area contributed by atoms with E-state index >= 15 is 0 Å². The smallest absolute Gasteiger partial charge is 0.254 e. The van der Waals surface area contributed by atoms with Gasteiger partial charge in [0.15, 0.2) is 0 Å². The summed E-state index contributed by atoms with van der Waals surface area (Å²) in [4.78, 5) is 34.0. The van der Waals surface area contributed by atoms with Crippen molar-refractivity contribution < 1.29 is 9.59 Å². The van der Waals surface area contributed by atoms with E-state index in [-0.39, 0.29) is 22.6 Å². The van der Waals surface area contributed by atoms with E-state index < -0.39 is 5.41 Å². The van der Waals surface area contributed by atoms with Gasteiger partial charge in [0.25, 0.3) is 5.91 Å². The summed E-state index contributed by atoms with van der Waals surface area (Å²) >= 11 is 0. The van der Waals surface area contributed by atoms with Crippen LogP contribution in [0.1, 0.15) is 83.8 Å². The summed E-state index contributed by atoms with van der Waals surface area (Å²) in [6.07, 6.45) is 1.58. The van der Waals surface area contributed by atoms with Crippen molar-refractivity contribution >= 4 is 23.3 Å². The molecular weight excluding hydrogens is 436 g/mol. The van der Waals surface area contributed by atoms with Crippen molar-refractivity contribution in [2.24, 2.45) is 5.41 Å². The molecule has 0 unspecified atom stereocenters. The number of aromatic nitrogens is 1. The van der Waals surface area contributed by atoms with Gasteiger partial charge in [-0.1, -0.05) is 68.4 Å². The highest BCUT2D eigenvalue weighted by Crippen LogP contribution is 2.33. The highest BCUT2D eigenvalue weighted by Gasteiger charge is 2.27. The van der Waals surface area contributed by atoms with Crippen LogP contribution in [0.15, 0.2) is 36.5 Å². The van der Waals surface area contributed by atoms with Crippen LogP contribution in [0.3, 0.4) is 0 Å². The van der Waals surface area contributed by atoms with E-state index in [1.54, 1.807) is 18.3 Å². The van der Waals surface area contributed by atoms with E-state index in [0.717, 1.165) is 13.1 Å². The summed E-state index contributed by atoms with van der Waals surface area (Å²) in [6.45, 7) is 21.9. The van der Waals surface area contributed by atoms with Gasteiger partial charge in [-0.2, -0.15) is 0 Å². The minimum atomic E-state index is -0.533. The summed E-state index contributed by atoms with van der Waals surface area (Å²) in [7, 11) is 0. The van der Waals surface area contributed by atoms with Gasteiger partial charge >= 0.3 is 0 Å². The second-order valence-electron chi connectivity index (χ2n) is 12.7. The summed E-state index contributed by atoms with van der Waals surface area (Å²) < 4.78 is 0. The Labute approximate surface area is 211 Å². The minimum Gasteiger partial charge on any atom is -0.368 e. The van der Waals surface area contributed by atoms with E-state index in [1.807, 2.05) is 25.7 Å². The highest BCUT2D eigenvalue weighted by atomic mass is 16.2. The first-order chi connectivity index (χ1) is 16.1. The summed E-state index contributed by atoms with van der Waals surface area (Å²) in [5.74, 6) is 0.246. The van der Waals surface area contributed by atoms with Crippen LogP contribution in [-0.2, 0) is 15.6 Å². The van der Waals surface area contributed by atoms with Crippen LogP contribution in [0.5, 0.6) is 0 Å². The van der Waals surface area contributed by atoms with Crippen molar-refractivity contribution in [3.8, 4) is 0 Å². The van der Waals surface area contributed by atoms with Crippen LogP contribution in [0.4, 0.5) is 11.5 Å². The summed E-state index contributed by atoms with van der Waals surface area (Å²) in [5, 5.41) is 2.81. The molecule has 1 N–H and O–H groups in total. The Balaban J connectivity index is 1.73. The molecule has 0 bridgehead atoms. The average Bonchev–Trinajstić information content (AvgIpc) is 2.77. The van der Waals surface area contributed by atoms with Gasteiger partial charge in [0.1, 0.15) is 5.82 Å². The number of hydrogen-bond donors (Lipinski definition) is 1. The number of amides is 2. The lowest BCUT2D eigenvalue weighted by Crippen LogP contribution is -2.49. The molecular formula is C29H42N4O2. The maximum atomic E-state index is 13.2. The normalized spacial score (nSPS) is 15.2. The maximum Gasteiger partial charge on any atom is 0.254 e. The lowest BCUT2D eigenvalue weighted by molar-refractivity contribution is -0.123. The SMILES string of the molecule is CC(C)(C)C(=O)Nc1cc(C(=O)N2CCN(c3cc(C(C)(C)C)cc(C(C)(C)C)c3)CC2)ccn1. The number of nitrogens with zero attached hydrogens (tertiary/aromatic N) is 3. The Morgan fingerprint density at radius 3 is 1.83 bits per heavy atom. The van der Waals surface area contributed by atoms with Gasteiger partial charge in [-0.15, -0.1) is 0 Å². The van der Waals surface area contributed by atoms with Crippen molar-refractivity contribution in [1.29, 1.82) is 0 Å². The molecule has 0 atom stereocenters. The molecule has 1 fully saturated rings. The van der Waals surface area contributed by atoms with Crippen molar-refractivity contribution in [3.63, 3.8) is 0 Å². The van der Waals surface area contributed by atoms with Gasteiger partial charge in [-0.05, 0) is 46.2 Å². The van der Waals surface area contributed by atoms with Gasteiger partial charge in [0, 0.05) is 49.0 Å². The Bertz CT molecular complexity index is 1050. The molecule has 1 aliphatic rings. The zero-order valence-electron chi connectivity index (χ0n) is 23.0. The van der Waals surface area contributed by atoms with Crippen LogP contribution < -0.4 is 10.2 Å². The van der Waals surface area contributed by atoms with E-state index in [4.69, 9.17) is 0 Å². The lowest BCUT2D eigenvalue weighted by atomic mass is 9.80. The molecule has 35 heavy (non-hydrogen) atoms. The van der Waals surface area contributed by atoms with Crippen LogP contribution >= 0.6 is 0 Å². The monoisotopic (exact) mass is 478 g/mol. The maximum absolute atomic E-state index is 13.2. The Morgan fingerprint density at radius 2 is 1.34 bits per heavy atom. The second-order valence-corrected chi connectivity index (χ2v) is 12.7. The Hall–Kier alpha value is -2.89. The zero-order valence-corrected chi connectivity index (χ0v) is 23.0. The highest BCUT2D eigenvalue weighted by molar-refractivity contribution is 5.97. The number of rotatable bonds is 3. The number of hydrogen-bond acceptors (Lipinski definition) is 4. The van der Waals surface area contributed by atoms with Crippen LogP contribution in [0.25, 0.3) is 0 Å². The number of pyridine rings is 1. The lowest BCUT2D eigenvalue weighted by Gasteiger charge is -2.37. The third kappa shape index (κ3) is 6.62. The number of carbonyl (C=O) groups excluding carboxylic acids is 2. The predicted molar refractivity (Wildman–Crippen MR) is 144 cm³/mol. The van der Waals surface area contributed by atoms with Gasteiger partial charge in [0.05, 0.1) is 0 Å². The minimum absolute atomic E-state index is 0.0304. The van der Waals surface area contributed by atoms with Gasteiger partial charge in [-0.25, -0.2) is 4.98 Å². The molecule has 1 aromatic heterocycles. The molecule has 0 radical (unpaired) electrons. The van der Waals surface area contributed by atoms with Crippen LogP contribution in [-0.4, -0.2) is 47.9 Å². The van der Waals surface area contributed by atoms with Crippen molar-refractivity contribution in [1.82, 2.24) is 9.88 Å². The predicted octanol–water partition coefficient (Wildman–Crippen LogP) is 5.62. The van der Waals surface area contributed by atoms with Gasteiger partial charge in [0.2, 0.25) is 5.91 Å². The first-order valence-electron chi connectivity index (χ1n) is 12.5. The Kier molecular flexibility index (Phi) is 7.35. The Morgan fingerprint density at radius 1 is 0.800 bits per heavy atom. The number of nitrogens with one attached hydrogen (secondary N) is 1. The topological polar surface area (TPSA) is 65.5 Å². The standard InChI is InChI=1S/C29H42N4O2/c1-27(2,3)21-17-22(28(4,5)6)19-23(18-21)32-12-14-33(15-13-32)25(34)20-10-11-30-24(16-20)31-26(35)29(7,8)9/h10-11,16-19H,12-15H2,1-9H3,(H,30,31,35). The molecule has 0 spiro atoms. The molecule has 1 saturated heterocycles. The quantitative estimate of drug-likeness (QED) is 0.621. The van der Waals surface area contributed by atoms with E-state index in [1.165, 1.54) is 16.8 Å². The number of anilines is 2. The largest absolute Gasteiger partial charge is 0.368 e. The molecule has 2 aromatic rings. The molecule has 0 saturated carbocycles. The number of benzene rings is 1. The molecule has 6 nitrogen and oxygen atoms in total. The van der Waals surface area contributed by atoms with E-state index in [2.05, 4.69) is 74.9 Å². The zero-order chi connectivity index (χ0) is 26.2. The van der Waals surface area contributed by atoms with Crippen molar-refractivity contribution in [2.45, 2.75) is 73.1 Å². The molecule has 1 aliphatic heterocycles. The molecule has 2 amide bonds. The molecule has 1 aromatic carbocycles. The first kappa shape index (κ1) is 26.7. The van der Waals surface area contributed by atoms with Crippen LogP contribution in [0.2, 0.25) is 0 Å². The first-order valence-corrected chi connectivity index (χ1v) is 12.5. The molecule has 2 heterocycles. The van der Waals surface area contributed by atoms with Crippen molar-refractivity contribution in [3.05, 3.63) is 53.2 Å². The summed E-state index contributed by atoms with van der Waals surface area (Å²) in [6, 6.07) is 10.3. The van der Waals surface area contributed by atoms with Gasteiger partial charge in [-0.3, -0.25) is 9.59 Å². The van der Waals surface area contributed by atoms with Crippen LogP contribution in [0, 0.1) is 5.41 Å². The fraction of sp³-hybridized carbons (Fsp3) is 0.552. The average molecular weight is 479 g/mol. The fourth-order valence-electron chi connectivity index (χ4n) is 3.95. The van der Waals surface area contributed by atoms with E-state index in [0.29, 0.717) is 24.5 Å². The molecule has 0 aliphatic carbocycles. The fourth-order valence-corrected chi connectivity index (χ4v) is 3.95. The second kappa shape index (κ2) is 9.63. The van der Waals surface area contributed by atoms with Gasteiger partial charge < -0.3 is 15.1 Å². The number of piperazine rings is 1. The molecule has 3 rings (SSSR count). The third-order valence-corrected chi connectivity index (χ3v) is 6.51. The summed E-state index contributed by atoms with van der Waals surface area (Å²) in [5.41, 5.74) is 4.03. The molecule has 6 heteroatoms. The third-order valence-electron chi connectivity index (χ3n) is 6.51. The van der Waals surface area contributed by atoms with Crippen molar-refractivity contribution in [2.75, 3.05) is 36.4 Å².